The van der Waals surface area contributed by atoms with Crippen molar-refractivity contribution >= 4 is 50.5 Å². The molecule has 0 aliphatic carbocycles. The number of anilines is 2. The van der Waals surface area contributed by atoms with Gasteiger partial charge in [0.2, 0.25) is 0 Å². The SMILES string of the molecule is CC(C)(C)OC(=O)N=S(C)(=O)c1ccc(C(=O)Nc2cc(-c3ccc(F)cc3)ccc2NC(=O)OC(C)(C)C)s1. The van der Waals surface area contributed by atoms with E-state index in [9.17, 15) is 23.0 Å². The van der Waals surface area contributed by atoms with E-state index >= 15 is 0 Å². The molecule has 9 nitrogen and oxygen atoms in total. The van der Waals surface area contributed by atoms with E-state index in [0.29, 0.717) is 11.1 Å². The first kappa shape index (κ1) is 30.8. The van der Waals surface area contributed by atoms with Gasteiger partial charge in [-0.25, -0.2) is 18.2 Å². The molecule has 1 unspecified atom stereocenters. The molecule has 2 aromatic carbocycles. The molecule has 0 aliphatic heterocycles. The number of hydrogen-bond donors (Lipinski definition) is 2. The summed E-state index contributed by atoms with van der Waals surface area (Å²) in [5, 5.41) is 5.40. The van der Waals surface area contributed by atoms with Gasteiger partial charge < -0.3 is 14.8 Å². The highest BCUT2D eigenvalue weighted by Crippen LogP contribution is 2.31. The Balaban J connectivity index is 1.91. The zero-order valence-electron chi connectivity index (χ0n) is 23.3. The van der Waals surface area contributed by atoms with Crippen molar-refractivity contribution in [2.75, 3.05) is 16.9 Å². The van der Waals surface area contributed by atoms with E-state index in [-0.39, 0.29) is 26.3 Å². The molecular formula is C28H32FN3O6S2. The molecule has 2 N–H and O–H groups in total. The van der Waals surface area contributed by atoms with Crippen molar-refractivity contribution in [1.29, 1.82) is 0 Å². The maximum absolute atomic E-state index is 13.4. The normalized spacial score (nSPS) is 13.1. The third-order valence-corrected chi connectivity index (χ3v) is 8.34. The van der Waals surface area contributed by atoms with Crippen molar-refractivity contribution in [1.82, 2.24) is 0 Å². The van der Waals surface area contributed by atoms with E-state index in [1.807, 2.05) is 0 Å². The Hall–Kier alpha value is -3.77. The van der Waals surface area contributed by atoms with E-state index in [0.717, 1.165) is 11.3 Å². The summed E-state index contributed by atoms with van der Waals surface area (Å²) in [4.78, 5) is 38.0. The Morgan fingerprint density at radius 3 is 2.02 bits per heavy atom. The number of halogens is 1. The number of rotatable bonds is 5. The molecule has 0 aliphatic rings. The van der Waals surface area contributed by atoms with Crippen molar-refractivity contribution in [2.45, 2.75) is 57.0 Å². The van der Waals surface area contributed by atoms with Crippen LogP contribution in [-0.2, 0) is 19.2 Å². The number of benzene rings is 2. The van der Waals surface area contributed by atoms with Gasteiger partial charge in [0, 0.05) is 6.26 Å². The molecular weight excluding hydrogens is 557 g/mol. The summed E-state index contributed by atoms with van der Waals surface area (Å²) in [6.07, 6.45) is -0.389. The number of thiophene rings is 1. The number of nitrogens with one attached hydrogen (secondary N) is 2. The summed E-state index contributed by atoms with van der Waals surface area (Å²) in [6.45, 7) is 10.2. The van der Waals surface area contributed by atoms with Gasteiger partial charge in [-0.1, -0.05) is 18.2 Å². The van der Waals surface area contributed by atoms with Gasteiger partial charge in [0.15, 0.2) is 0 Å². The predicted molar refractivity (Wildman–Crippen MR) is 155 cm³/mol. The third kappa shape index (κ3) is 8.88. The molecule has 0 radical (unpaired) electrons. The fourth-order valence-corrected chi connectivity index (χ4v) is 5.65. The third-order valence-electron chi connectivity index (χ3n) is 4.90. The summed E-state index contributed by atoms with van der Waals surface area (Å²) in [5.74, 6) is -0.938. The molecule has 3 amide bonds. The molecule has 40 heavy (non-hydrogen) atoms. The number of nitrogens with zero attached hydrogens (tertiary/aromatic N) is 1. The molecule has 214 valence electrons. The summed E-state index contributed by atoms with van der Waals surface area (Å²) in [6, 6.07) is 13.7. The molecule has 12 heteroatoms. The van der Waals surface area contributed by atoms with Gasteiger partial charge in [-0.2, -0.15) is 0 Å². The summed E-state index contributed by atoms with van der Waals surface area (Å²) < 4.78 is 40.9. The highest BCUT2D eigenvalue weighted by atomic mass is 32.2. The second kappa shape index (κ2) is 11.8. The smallest absolute Gasteiger partial charge is 0.442 e. The van der Waals surface area contributed by atoms with Crippen LogP contribution in [0.4, 0.5) is 25.4 Å². The molecule has 0 saturated heterocycles. The standard InChI is InChI=1S/C28H32FN3O6S2/c1-27(2,3)37-25(34)31-20-13-10-18(17-8-11-19(29)12-9-17)16-21(20)30-24(33)22-14-15-23(39-22)40(7,36)32-26(35)38-28(4,5)6/h8-16H,1-7H3,(H,30,33)(H,31,34). The maximum Gasteiger partial charge on any atom is 0.442 e. The first-order valence-corrected chi connectivity index (χ1v) is 14.9. The highest BCUT2D eigenvalue weighted by Gasteiger charge is 2.22. The van der Waals surface area contributed by atoms with E-state index in [1.165, 1.54) is 30.5 Å². The number of carbonyl (C=O) groups is 3. The largest absolute Gasteiger partial charge is 0.444 e. The fourth-order valence-electron chi connectivity index (χ4n) is 3.29. The molecule has 3 aromatic rings. The summed E-state index contributed by atoms with van der Waals surface area (Å²) in [5.41, 5.74) is 0.322. The Morgan fingerprint density at radius 1 is 0.825 bits per heavy atom. The number of carbonyl (C=O) groups excluding carboxylic acids is 3. The van der Waals surface area contributed by atoms with Crippen LogP contribution < -0.4 is 10.6 Å². The topological polar surface area (TPSA) is 123 Å². The zero-order valence-corrected chi connectivity index (χ0v) is 24.9. The van der Waals surface area contributed by atoms with Gasteiger partial charge in [0.25, 0.3) is 5.91 Å². The Morgan fingerprint density at radius 2 is 1.43 bits per heavy atom. The van der Waals surface area contributed by atoms with Crippen LogP contribution in [0.5, 0.6) is 0 Å². The van der Waals surface area contributed by atoms with Crippen molar-refractivity contribution in [3.63, 3.8) is 0 Å². The van der Waals surface area contributed by atoms with Crippen molar-refractivity contribution in [2.24, 2.45) is 4.36 Å². The lowest BCUT2D eigenvalue weighted by Gasteiger charge is -2.21. The summed E-state index contributed by atoms with van der Waals surface area (Å²) >= 11 is 0.914. The van der Waals surface area contributed by atoms with Crippen LogP contribution in [0.25, 0.3) is 11.1 Å². The number of amides is 3. The monoisotopic (exact) mass is 589 g/mol. The second-order valence-electron chi connectivity index (χ2n) is 10.8. The van der Waals surface area contributed by atoms with Crippen molar-refractivity contribution in [3.05, 3.63) is 65.3 Å². The Bertz CT molecular complexity index is 1540. The first-order chi connectivity index (χ1) is 18.4. The minimum atomic E-state index is -3.17. The lowest BCUT2D eigenvalue weighted by Crippen LogP contribution is -2.27. The van der Waals surface area contributed by atoms with Crippen LogP contribution in [0.1, 0.15) is 51.2 Å². The lowest BCUT2D eigenvalue weighted by molar-refractivity contribution is 0.0603. The lowest BCUT2D eigenvalue weighted by atomic mass is 10.0. The van der Waals surface area contributed by atoms with Gasteiger partial charge in [-0.3, -0.25) is 10.1 Å². The molecule has 0 spiro atoms. The fraction of sp³-hybridized carbons (Fsp3) is 0.321. The maximum atomic E-state index is 13.4. The molecule has 0 fully saturated rings. The average molecular weight is 590 g/mol. The van der Waals surface area contributed by atoms with Crippen LogP contribution in [-0.4, -0.2) is 39.8 Å². The van der Waals surface area contributed by atoms with Crippen LogP contribution in [0.3, 0.4) is 0 Å². The predicted octanol–water partition coefficient (Wildman–Crippen LogP) is 7.55. The van der Waals surface area contributed by atoms with Crippen LogP contribution >= 0.6 is 11.3 Å². The molecule has 1 heterocycles. The van der Waals surface area contributed by atoms with Gasteiger partial charge in [0.05, 0.1) is 26.0 Å². The van der Waals surface area contributed by atoms with Crippen molar-refractivity contribution < 1.29 is 32.5 Å². The minimum absolute atomic E-state index is 0.194. The second-order valence-corrected chi connectivity index (χ2v) is 14.4. The Labute approximate surface area is 237 Å². The van der Waals surface area contributed by atoms with E-state index in [2.05, 4.69) is 15.0 Å². The zero-order chi connectivity index (χ0) is 29.9. The summed E-state index contributed by atoms with van der Waals surface area (Å²) in [7, 11) is -3.17. The van der Waals surface area contributed by atoms with Crippen LogP contribution in [0.2, 0.25) is 0 Å². The van der Waals surface area contributed by atoms with Gasteiger partial charge in [-0.05, 0) is 89.1 Å². The molecule has 0 bridgehead atoms. The minimum Gasteiger partial charge on any atom is -0.444 e. The first-order valence-electron chi connectivity index (χ1n) is 12.2. The van der Waals surface area contributed by atoms with E-state index in [1.54, 1.807) is 71.9 Å². The Kier molecular flexibility index (Phi) is 9.05. The highest BCUT2D eigenvalue weighted by molar-refractivity contribution is 7.95. The van der Waals surface area contributed by atoms with Crippen LogP contribution in [0.15, 0.2) is 63.2 Å². The molecule has 1 aromatic heterocycles. The van der Waals surface area contributed by atoms with Gasteiger partial charge >= 0.3 is 12.2 Å². The van der Waals surface area contributed by atoms with Gasteiger partial charge in [0.1, 0.15) is 21.2 Å². The average Bonchev–Trinajstić information content (AvgIpc) is 3.29. The number of ether oxygens (including phenoxy) is 2. The van der Waals surface area contributed by atoms with Crippen molar-refractivity contribution in [3.8, 4) is 11.1 Å². The van der Waals surface area contributed by atoms with E-state index in [4.69, 9.17) is 9.47 Å². The van der Waals surface area contributed by atoms with Gasteiger partial charge in [-0.15, -0.1) is 15.7 Å². The molecule has 3 rings (SSSR count). The van der Waals surface area contributed by atoms with Crippen LogP contribution in [0, 0.1) is 5.82 Å². The molecule has 0 saturated carbocycles. The number of hydrogen-bond acceptors (Lipinski definition) is 7. The quantitative estimate of drug-likeness (QED) is 0.317. The van der Waals surface area contributed by atoms with E-state index < -0.39 is 39.0 Å². The molecule has 1 atom stereocenters.